The lowest BCUT2D eigenvalue weighted by atomic mass is 9.94. The van der Waals surface area contributed by atoms with Crippen LogP contribution >= 0.6 is 0 Å². The minimum Gasteiger partial charge on any atom is -0.369 e. The van der Waals surface area contributed by atoms with Crippen LogP contribution in [0.3, 0.4) is 0 Å². The molecule has 2 unspecified atom stereocenters. The van der Waals surface area contributed by atoms with Crippen LogP contribution in [0.1, 0.15) is 25.8 Å². The van der Waals surface area contributed by atoms with Crippen LogP contribution in [-0.2, 0) is 11.2 Å². The van der Waals surface area contributed by atoms with E-state index in [1.54, 1.807) is 0 Å². The Labute approximate surface area is 102 Å². The SMILES string of the molecule is CCC1CNCC(C)(Cc2ccc(F)cc2)O1. The molecule has 0 amide bonds. The van der Waals surface area contributed by atoms with E-state index in [0.717, 1.165) is 31.5 Å². The maximum absolute atomic E-state index is 12.8. The zero-order chi connectivity index (χ0) is 12.3. The van der Waals surface area contributed by atoms with Crippen LogP contribution in [0.5, 0.6) is 0 Å². The first kappa shape index (κ1) is 12.5. The van der Waals surface area contributed by atoms with Crippen LogP contribution in [-0.4, -0.2) is 24.8 Å². The molecule has 0 spiro atoms. The molecule has 0 bridgehead atoms. The first-order valence-electron chi connectivity index (χ1n) is 6.24. The monoisotopic (exact) mass is 237 g/mol. The molecule has 2 nitrogen and oxygen atoms in total. The van der Waals surface area contributed by atoms with Crippen molar-refractivity contribution in [3.63, 3.8) is 0 Å². The summed E-state index contributed by atoms with van der Waals surface area (Å²) in [7, 11) is 0. The number of nitrogens with one attached hydrogen (secondary N) is 1. The highest BCUT2D eigenvalue weighted by Crippen LogP contribution is 2.23. The average Bonchev–Trinajstić information content (AvgIpc) is 2.32. The molecule has 2 rings (SSSR count). The third-order valence-corrected chi connectivity index (χ3v) is 3.27. The van der Waals surface area contributed by atoms with E-state index in [1.165, 1.54) is 12.1 Å². The number of rotatable bonds is 3. The number of hydrogen-bond acceptors (Lipinski definition) is 2. The fraction of sp³-hybridized carbons (Fsp3) is 0.571. The lowest BCUT2D eigenvalue weighted by molar-refractivity contribution is -0.105. The summed E-state index contributed by atoms with van der Waals surface area (Å²) in [5.41, 5.74) is 0.934. The van der Waals surface area contributed by atoms with Crippen LogP contribution in [0.15, 0.2) is 24.3 Å². The van der Waals surface area contributed by atoms with Gasteiger partial charge in [-0.1, -0.05) is 19.1 Å². The summed E-state index contributed by atoms with van der Waals surface area (Å²) in [6.45, 7) is 6.03. The minimum atomic E-state index is -0.187. The molecule has 94 valence electrons. The summed E-state index contributed by atoms with van der Waals surface area (Å²) in [5.74, 6) is -0.187. The van der Waals surface area contributed by atoms with Crippen molar-refractivity contribution in [2.45, 2.75) is 38.4 Å². The zero-order valence-corrected chi connectivity index (χ0v) is 10.5. The fourth-order valence-corrected chi connectivity index (χ4v) is 2.35. The lowest BCUT2D eigenvalue weighted by Crippen LogP contribution is -2.53. The molecule has 1 aromatic carbocycles. The van der Waals surface area contributed by atoms with Gasteiger partial charge in [-0.15, -0.1) is 0 Å². The largest absolute Gasteiger partial charge is 0.369 e. The van der Waals surface area contributed by atoms with Gasteiger partial charge < -0.3 is 10.1 Å². The molecular formula is C14H20FNO. The lowest BCUT2D eigenvalue weighted by Gasteiger charge is -2.39. The molecule has 1 aromatic rings. The van der Waals surface area contributed by atoms with Gasteiger partial charge in [0.25, 0.3) is 0 Å². The van der Waals surface area contributed by atoms with Crippen molar-refractivity contribution in [1.29, 1.82) is 0 Å². The van der Waals surface area contributed by atoms with Gasteiger partial charge in [-0.05, 0) is 31.0 Å². The van der Waals surface area contributed by atoms with Crippen LogP contribution in [0.2, 0.25) is 0 Å². The molecule has 3 heteroatoms. The Hall–Kier alpha value is -0.930. The third kappa shape index (κ3) is 3.27. The van der Waals surface area contributed by atoms with E-state index in [0.29, 0.717) is 0 Å². The molecule has 1 fully saturated rings. The van der Waals surface area contributed by atoms with Crippen LogP contribution in [0.25, 0.3) is 0 Å². The molecule has 0 saturated carbocycles. The van der Waals surface area contributed by atoms with Crippen molar-refractivity contribution >= 4 is 0 Å². The second-order valence-corrected chi connectivity index (χ2v) is 5.03. The molecule has 1 aliphatic rings. The highest BCUT2D eigenvalue weighted by Gasteiger charge is 2.32. The highest BCUT2D eigenvalue weighted by atomic mass is 19.1. The Kier molecular flexibility index (Phi) is 3.79. The normalized spacial score (nSPS) is 29.2. The smallest absolute Gasteiger partial charge is 0.123 e. The summed E-state index contributed by atoms with van der Waals surface area (Å²) in [4.78, 5) is 0. The molecule has 1 aliphatic heterocycles. The van der Waals surface area contributed by atoms with Gasteiger partial charge in [0.15, 0.2) is 0 Å². The maximum Gasteiger partial charge on any atom is 0.123 e. The van der Waals surface area contributed by atoms with Crippen molar-refractivity contribution in [3.8, 4) is 0 Å². The topological polar surface area (TPSA) is 21.3 Å². The summed E-state index contributed by atoms with van der Waals surface area (Å²) < 4.78 is 18.9. The van der Waals surface area contributed by atoms with Gasteiger partial charge in [0.05, 0.1) is 11.7 Å². The molecule has 1 heterocycles. The van der Waals surface area contributed by atoms with Crippen molar-refractivity contribution < 1.29 is 9.13 Å². The Bertz CT molecular complexity index is 365. The van der Waals surface area contributed by atoms with Crippen LogP contribution in [0.4, 0.5) is 4.39 Å². The van der Waals surface area contributed by atoms with Gasteiger partial charge >= 0.3 is 0 Å². The highest BCUT2D eigenvalue weighted by molar-refractivity contribution is 5.18. The van der Waals surface area contributed by atoms with Gasteiger partial charge in [-0.2, -0.15) is 0 Å². The van der Waals surface area contributed by atoms with E-state index in [4.69, 9.17) is 4.74 Å². The van der Waals surface area contributed by atoms with Gasteiger partial charge in [0, 0.05) is 19.5 Å². The molecule has 17 heavy (non-hydrogen) atoms. The van der Waals surface area contributed by atoms with Crippen LogP contribution in [0, 0.1) is 5.82 Å². The second-order valence-electron chi connectivity index (χ2n) is 5.03. The Morgan fingerprint density at radius 3 is 2.76 bits per heavy atom. The number of hydrogen-bond donors (Lipinski definition) is 1. The van der Waals surface area contributed by atoms with E-state index in [2.05, 4.69) is 19.2 Å². The predicted octanol–water partition coefficient (Wildman–Crippen LogP) is 2.53. The van der Waals surface area contributed by atoms with Crippen molar-refractivity contribution in [1.82, 2.24) is 5.32 Å². The molecule has 1 saturated heterocycles. The second kappa shape index (κ2) is 5.15. The minimum absolute atomic E-state index is 0.184. The van der Waals surface area contributed by atoms with Crippen LogP contribution < -0.4 is 5.32 Å². The fourth-order valence-electron chi connectivity index (χ4n) is 2.35. The summed E-state index contributed by atoms with van der Waals surface area (Å²) >= 11 is 0. The first-order valence-corrected chi connectivity index (χ1v) is 6.24. The van der Waals surface area contributed by atoms with E-state index < -0.39 is 0 Å². The number of benzene rings is 1. The van der Waals surface area contributed by atoms with Crippen molar-refractivity contribution in [2.24, 2.45) is 0 Å². The third-order valence-electron chi connectivity index (χ3n) is 3.27. The summed E-state index contributed by atoms with van der Waals surface area (Å²) in [6, 6.07) is 6.68. The first-order chi connectivity index (χ1) is 8.11. The van der Waals surface area contributed by atoms with Gasteiger partial charge in [-0.25, -0.2) is 4.39 Å². The number of morpholine rings is 1. The standard InChI is InChI=1S/C14H20FNO/c1-3-13-9-16-10-14(2,17-13)8-11-4-6-12(15)7-5-11/h4-7,13,16H,3,8-10H2,1-2H3. The Balaban J connectivity index is 2.03. The Morgan fingerprint density at radius 1 is 1.41 bits per heavy atom. The summed E-state index contributed by atoms with van der Waals surface area (Å²) in [6.07, 6.45) is 2.12. The summed E-state index contributed by atoms with van der Waals surface area (Å²) in [5, 5.41) is 3.41. The van der Waals surface area contributed by atoms with Gasteiger partial charge in [0.1, 0.15) is 5.82 Å². The van der Waals surface area contributed by atoms with E-state index >= 15 is 0 Å². The average molecular weight is 237 g/mol. The van der Waals surface area contributed by atoms with Crippen molar-refractivity contribution in [3.05, 3.63) is 35.6 Å². The quantitative estimate of drug-likeness (QED) is 0.872. The van der Waals surface area contributed by atoms with E-state index in [9.17, 15) is 4.39 Å². The van der Waals surface area contributed by atoms with Crippen molar-refractivity contribution in [2.75, 3.05) is 13.1 Å². The van der Waals surface area contributed by atoms with E-state index in [-0.39, 0.29) is 17.5 Å². The molecule has 1 N–H and O–H groups in total. The molecule has 0 aliphatic carbocycles. The Morgan fingerprint density at radius 2 is 2.12 bits per heavy atom. The molecule has 2 atom stereocenters. The van der Waals surface area contributed by atoms with Gasteiger partial charge in [-0.3, -0.25) is 0 Å². The van der Waals surface area contributed by atoms with Gasteiger partial charge in [0.2, 0.25) is 0 Å². The molecular weight excluding hydrogens is 217 g/mol. The van der Waals surface area contributed by atoms with E-state index in [1.807, 2.05) is 12.1 Å². The molecule has 0 radical (unpaired) electrons. The maximum atomic E-state index is 12.8. The number of halogens is 1. The zero-order valence-electron chi connectivity index (χ0n) is 10.5. The predicted molar refractivity (Wildman–Crippen MR) is 66.5 cm³/mol. The molecule has 0 aromatic heterocycles. The number of ether oxygens (including phenoxy) is 1.